The predicted octanol–water partition coefficient (Wildman–Crippen LogP) is 17.8. The van der Waals surface area contributed by atoms with Crippen molar-refractivity contribution in [2.75, 3.05) is 6.61 Å². The van der Waals surface area contributed by atoms with Crippen molar-refractivity contribution in [3.8, 4) is 0 Å². The van der Waals surface area contributed by atoms with Gasteiger partial charge in [-0.3, -0.25) is 52.7 Å². The van der Waals surface area contributed by atoms with Gasteiger partial charge in [0.05, 0.1) is 63.1 Å². The summed E-state index contributed by atoms with van der Waals surface area (Å²) in [4.78, 5) is 143. The van der Waals surface area contributed by atoms with E-state index in [4.69, 9.17) is 56.8 Å². The highest BCUT2D eigenvalue weighted by molar-refractivity contribution is 5.85. The summed E-state index contributed by atoms with van der Waals surface area (Å²) in [5.74, 6) is -2.22. The molecular weight excluding hydrogens is 1430 g/mol. The fourth-order valence-corrected chi connectivity index (χ4v) is 15.4. The third-order valence-corrected chi connectivity index (χ3v) is 25.2. The Balaban J connectivity index is -0.00000129. The molecule has 0 aromatic heterocycles. The Hall–Kier alpha value is -6.36. The minimum Gasteiger partial charge on any atom is -0.465 e. The molecule has 5 aliphatic heterocycles. The molecule has 111 heavy (non-hydrogen) atoms. The molecule has 5 heterocycles. The fraction of sp³-hybridized carbons (Fsp3) is 0.862. The van der Waals surface area contributed by atoms with Crippen molar-refractivity contribution >= 4 is 71.6 Å². The van der Waals surface area contributed by atoms with Crippen molar-refractivity contribution in [3.63, 3.8) is 0 Å². The Morgan fingerprint density at radius 3 is 1.35 bits per heavy atom. The Labute approximate surface area is 669 Å². The molecule has 0 radical (unpaired) electrons. The summed E-state index contributed by atoms with van der Waals surface area (Å²) in [7, 11) is 0. The third kappa shape index (κ3) is 23.0. The van der Waals surface area contributed by atoms with Crippen LogP contribution in [-0.4, -0.2) is 143 Å². The van der Waals surface area contributed by atoms with Gasteiger partial charge in [-0.1, -0.05) is 109 Å². The molecule has 5 saturated heterocycles. The first-order valence-corrected chi connectivity index (χ1v) is 37.3. The van der Waals surface area contributed by atoms with E-state index in [9.17, 15) is 57.5 Å². The zero-order chi connectivity index (χ0) is 75.3. The molecule has 0 aromatic rings. The summed E-state index contributed by atoms with van der Waals surface area (Å²) >= 11 is 0. The predicted molar refractivity (Wildman–Crippen MR) is 427 cm³/mol. The van der Waals surface area contributed by atoms with Crippen LogP contribution in [0.15, 0.2) is 0 Å². The van der Waals surface area contributed by atoms with Crippen LogP contribution in [0.4, 0.5) is 0 Å². The van der Waals surface area contributed by atoms with Crippen LogP contribution in [0.5, 0.6) is 0 Å². The normalized spacial score (nSPS) is 31.7. The maximum Gasteiger partial charge on any atom is 0.350 e. The van der Waals surface area contributed by atoms with Gasteiger partial charge in [-0.05, 0) is 200 Å². The Morgan fingerprint density at radius 1 is 0.423 bits per heavy atom. The standard InChI is InChI=1S/C18H26O6.C17H24O6.C15H24O4.C14H22O4.C13H20O4.10CH4/c1-6-17(2,3)15(20)24-18(4,5)16(21)23-12-9-7-10-11(8-9)14(19)22-13(10)12;1-4-17(2,3)16(20)21-6-5-12(18)22-13-9-7-10-11(8-9)15(19)23-14(10)13;1-6-13(2,3)12(17)19-14(4)8-7-10-9-15(14,5)18-11(10)16;1-5-13(2,3)12(16)17-10-7-6-9-8-14(10,4)18-11(9)15;1-4-13(2,3)12(15)17-9-6-5-8-7-10(9)16-11(8)14;;;;;;;;;;/h9-13H,6-8H2,1-5H3;9-11,13-14H,4-8H2,1-3H3;10H,6-9H2,1-5H3;9-10H,5-8H2,1-4H3;8-10H,4-7H2,1-3H3;10*1H4. The molecule has 12 aliphatic rings. The molecule has 24 nitrogen and oxygen atoms in total. The van der Waals surface area contributed by atoms with E-state index in [1.807, 2.05) is 111 Å². The van der Waals surface area contributed by atoms with Gasteiger partial charge >= 0.3 is 71.6 Å². The monoisotopic (exact) mass is 1590 g/mol. The molecule has 648 valence electrons. The van der Waals surface area contributed by atoms with Gasteiger partial charge in [0.1, 0.15) is 66.1 Å². The summed E-state index contributed by atoms with van der Waals surface area (Å²) in [5, 5.41) is 0. The van der Waals surface area contributed by atoms with Gasteiger partial charge in [-0.2, -0.15) is 0 Å². The molecule has 19 atom stereocenters. The second-order valence-corrected chi connectivity index (χ2v) is 34.9. The SMILES string of the molecule is C.C.C.C.C.C.C.C.C.C.CCC(C)(C)C(=O)OC(C)(C)C(=O)OC1C2CC3C(=O)OC1C3C2.CCC(C)(C)C(=O)OC1(C)CCC2CC1(C)OC2=O.CCC(C)(C)C(=O)OC1CCC2CC1(C)OC2=O.CCC(C)(C)C(=O)OC1CCC2CC1OC2=O.CCC(C)(C)C(=O)OCCC(=O)OC1C2CC3C(=O)OC1C3C2. The molecule has 7 saturated carbocycles. The van der Waals surface area contributed by atoms with Crippen LogP contribution in [0.2, 0.25) is 0 Å². The molecule has 24 heteroatoms. The smallest absolute Gasteiger partial charge is 0.350 e. The molecule has 0 N–H and O–H groups in total. The quantitative estimate of drug-likeness (QED) is 0.0807. The molecule has 0 amide bonds. The summed E-state index contributed by atoms with van der Waals surface area (Å²) in [5.41, 5.74) is -5.99. The molecule has 19 unspecified atom stereocenters. The number of hydrogen-bond donors (Lipinski definition) is 0. The average Bonchev–Trinajstić information content (AvgIpc) is 1.59. The molecule has 0 aromatic carbocycles. The van der Waals surface area contributed by atoms with Crippen LogP contribution in [0, 0.1) is 80.3 Å². The van der Waals surface area contributed by atoms with Gasteiger partial charge in [-0.25, -0.2) is 4.79 Å². The summed E-state index contributed by atoms with van der Waals surface area (Å²) in [6, 6.07) is 0. The van der Waals surface area contributed by atoms with E-state index >= 15 is 0 Å². The maximum absolute atomic E-state index is 12.6. The van der Waals surface area contributed by atoms with Crippen molar-refractivity contribution in [2.24, 2.45) is 80.3 Å². The lowest BCUT2D eigenvalue weighted by Gasteiger charge is -2.45. The Bertz CT molecular complexity index is 3180. The van der Waals surface area contributed by atoms with Crippen LogP contribution in [0.1, 0.15) is 335 Å². The molecule has 12 rings (SSSR count). The maximum atomic E-state index is 12.6. The zero-order valence-corrected chi connectivity index (χ0v) is 63.7. The van der Waals surface area contributed by atoms with Crippen LogP contribution in [0.25, 0.3) is 0 Å². The summed E-state index contributed by atoms with van der Waals surface area (Å²) in [6.07, 6.45) is 11.2. The van der Waals surface area contributed by atoms with E-state index < -0.39 is 73.5 Å². The number of fused-ring (bicyclic) bond motifs is 8. The summed E-state index contributed by atoms with van der Waals surface area (Å²) in [6.45, 7) is 36.9. The third-order valence-electron chi connectivity index (χ3n) is 25.2. The van der Waals surface area contributed by atoms with E-state index in [2.05, 4.69) is 0 Å². The Kier molecular flexibility index (Phi) is 40.0. The van der Waals surface area contributed by atoms with E-state index in [-0.39, 0.29) is 231 Å². The van der Waals surface area contributed by atoms with Gasteiger partial charge in [0, 0.05) is 42.9 Å². The second kappa shape index (κ2) is 40.8. The number of carbonyl (C=O) groups excluding carboxylic acids is 12. The lowest BCUT2D eigenvalue weighted by atomic mass is 9.71. The number of esters is 12. The minimum absolute atomic E-state index is 0. The van der Waals surface area contributed by atoms with Crippen molar-refractivity contribution in [2.45, 2.75) is 400 Å². The topological polar surface area (TPSA) is 316 Å². The number of rotatable bonds is 20. The second-order valence-electron chi connectivity index (χ2n) is 34.9. The molecule has 10 bridgehead atoms. The highest BCUT2D eigenvalue weighted by Gasteiger charge is 2.66. The van der Waals surface area contributed by atoms with Gasteiger partial charge in [0.15, 0.2) is 0 Å². The number of hydrogen-bond acceptors (Lipinski definition) is 24. The molecule has 7 aliphatic carbocycles. The number of carbonyl (C=O) groups is 12. The lowest BCUT2D eigenvalue weighted by molar-refractivity contribution is -0.204. The lowest BCUT2D eigenvalue weighted by Crippen LogP contribution is -2.55. The molecular formula is C87H156O24. The van der Waals surface area contributed by atoms with Crippen molar-refractivity contribution in [1.82, 2.24) is 0 Å². The van der Waals surface area contributed by atoms with E-state index in [0.717, 1.165) is 77.0 Å². The van der Waals surface area contributed by atoms with Crippen molar-refractivity contribution in [3.05, 3.63) is 0 Å². The zero-order valence-electron chi connectivity index (χ0n) is 63.7. The van der Waals surface area contributed by atoms with E-state index in [1.54, 1.807) is 13.8 Å². The van der Waals surface area contributed by atoms with Gasteiger partial charge < -0.3 is 56.8 Å². The average molecular weight is 1590 g/mol. The minimum atomic E-state index is -1.37. The van der Waals surface area contributed by atoms with Gasteiger partial charge in [-0.15, -0.1) is 0 Å². The fourth-order valence-electron chi connectivity index (χ4n) is 15.4. The van der Waals surface area contributed by atoms with Crippen molar-refractivity contribution < 1.29 is 114 Å². The molecule has 0 spiro atoms. The first-order valence-electron chi connectivity index (χ1n) is 37.3. The first kappa shape index (κ1) is 109. The van der Waals surface area contributed by atoms with Gasteiger partial charge in [0.25, 0.3) is 0 Å². The van der Waals surface area contributed by atoms with Crippen LogP contribution in [-0.2, 0) is 114 Å². The van der Waals surface area contributed by atoms with Crippen molar-refractivity contribution in [1.29, 1.82) is 0 Å². The number of ether oxygens (including phenoxy) is 12. The van der Waals surface area contributed by atoms with Crippen LogP contribution < -0.4 is 0 Å². The van der Waals surface area contributed by atoms with Gasteiger partial charge in [0.2, 0.25) is 5.60 Å². The highest BCUT2D eigenvalue weighted by atomic mass is 16.6. The highest BCUT2D eigenvalue weighted by Crippen LogP contribution is 2.57. The largest absolute Gasteiger partial charge is 0.465 e. The molecule has 12 fully saturated rings. The summed E-state index contributed by atoms with van der Waals surface area (Å²) < 4.78 is 65.6. The van der Waals surface area contributed by atoms with Crippen LogP contribution >= 0.6 is 0 Å². The first-order chi connectivity index (χ1) is 46.7. The van der Waals surface area contributed by atoms with E-state index in [1.165, 1.54) is 13.8 Å². The van der Waals surface area contributed by atoms with Crippen LogP contribution in [0.3, 0.4) is 0 Å². The Morgan fingerprint density at radius 2 is 0.856 bits per heavy atom. The van der Waals surface area contributed by atoms with E-state index in [0.29, 0.717) is 38.5 Å².